The van der Waals surface area contributed by atoms with Gasteiger partial charge >= 0.3 is 0 Å². The maximum Gasteiger partial charge on any atom is 0.186 e. The van der Waals surface area contributed by atoms with Crippen molar-refractivity contribution >= 4 is 0 Å². The Morgan fingerprint density at radius 3 is 2.52 bits per heavy atom. The highest BCUT2D eigenvalue weighted by molar-refractivity contribution is 5.16. The molecular formula is C15H20O6. The number of aliphatic hydroxyl groups excluding tert-OH is 1. The van der Waals surface area contributed by atoms with E-state index in [2.05, 4.69) is 0 Å². The molecule has 1 aromatic rings. The predicted octanol–water partition coefficient (Wildman–Crippen LogP) is 0.848. The summed E-state index contributed by atoms with van der Waals surface area (Å²) in [6, 6.07) is 9.66. The van der Waals surface area contributed by atoms with Crippen molar-refractivity contribution in [2.24, 2.45) is 0 Å². The Morgan fingerprint density at radius 2 is 1.86 bits per heavy atom. The molecular weight excluding hydrogens is 276 g/mol. The van der Waals surface area contributed by atoms with E-state index in [9.17, 15) is 5.11 Å². The Hall–Kier alpha value is -1.02. The number of ether oxygens (including phenoxy) is 5. The van der Waals surface area contributed by atoms with Crippen LogP contribution in [0.4, 0.5) is 0 Å². The molecule has 1 N–H and O–H groups in total. The summed E-state index contributed by atoms with van der Waals surface area (Å²) in [5, 5.41) is 10.2. The molecule has 3 rings (SSSR count). The first-order chi connectivity index (χ1) is 10.2. The molecule has 5 unspecified atom stereocenters. The molecule has 116 valence electrons. The third-order valence-electron chi connectivity index (χ3n) is 3.88. The minimum Gasteiger partial charge on any atom is -0.385 e. The van der Waals surface area contributed by atoms with Crippen LogP contribution in [0.5, 0.6) is 0 Å². The van der Waals surface area contributed by atoms with E-state index in [4.69, 9.17) is 23.7 Å². The molecule has 2 heterocycles. The standard InChI is InChI=1S/C15H20O6/c1-17-13-11(16)15(18-2)20-10-8-19-14(21-12(10)13)9-6-4-3-5-7-9/h3-7,10-16H,8H2,1-2H3/t10?,11?,12-,13?,14?,15?/m1/s1. The summed E-state index contributed by atoms with van der Waals surface area (Å²) in [4.78, 5) is 0. The molecule has 0 amide bonds. The quantitative estimate of drug-likeness (QED) is 0.892. The Bertz CT molecular complexity index is 453. The Labute approximate surface area is 123 Å². The van der Waals surface area contributed by atoms with Crippen molar-refractivity contribution in [3.63, 3.8) is 0 Å². The van der Waals surface area contributed by atoms with Gasteiger partial charge in [-0.2, -0.15) is 0 Å². The summed E-state index contributed by atoms with van der Waals surface area (Å²) < 4.78 is 27.9. The molecule has 2 fully saturated rings. The SMILES string of the molecule is COC1OC2COC(c3ccccc3)O[C@H]2C(OC)C1O. The van der Waals surface area contributed by atoms with Gasteiger partial charge in [0.15, 0.2) is 12.6 Å². The van der Waals surface area contributed by atoms with Gasteiger partial charge in [0.1, 0.15) is 24.4 Å². The average Bonchev–Trinajstić information content (AvgIpc) is 2.54. The zero-order chi connectivity index (χ0) is 14.8. The third-order valence-corrected chi connectivity index (χ3v) is 3.88. The number of benzene rings is 1. The molecule has 21 heavy (non-hydrogen) atoms. The summed E-state index contributed by atoms with van der Waals surface area (Å²) in [6.07, 6.45) is -3.39. The molecule has 2 aliphatic heterocycles. The van der Waals surface area contributed by atoms with Crippen LogP contribution >= 0.6 is 0 Å². The van der Waals surface area contributed by atoms with Gasteiger partial charge in [0.2, 0.25) is 0 Å². The molecule has 0 radical (unpaired) electrons. The maximum atomic E-state index is 10.2. The van der Waals surface area contributed by atoms with Crippen LogP contribution in [0.15, 0.2) is 30.3 Å². The molecule has 0 aromatic heterocycles. The zero-order valence-corrected chi connectivity index (χ0v) is 12.0. The number of fused-ring (bicyclic) bond motifs is 1. The van der Waals surface area contributed by atoms with Crippen molar-refractivity contribution in [3.05, 3.63) is 35.9 Å². The minimum absolute atomic E-state index is 0.330. The summed E-state index contributed by atoms with van der Waals surface area (Å²) in [7, 11) is 3.03. The van der Waals surface area contributed by atoms with E-state index in [1.807, 2.05) is 30.3 Å². The van der Waals surface area contributed by atoms with Gasteiger partial charge in [0.05, 0.1) is 6.61 Å². The van der Waals surface area contributed by atoms with Crippen molar-refractivity contribution in [2.45, 2.75) is 37.0 Å². The molecule has 6 atom stereocenters. The molecule has 2 saturated heterocycles. The first-order valence-electron chi connectivity index (χ1n) is 6.95. The van der Waals surface area contributed by atoms with Crippen LogP contribution in [0, 0.1) is 0 Å². The smallest absolute Gasteiger partial charge is 0.186 e. The second-order valence-corrected chi connectivity index (χ2v) is 5.15. The van der Waals surface area contributed by atoms with Gasteiger partial charge < -0.3 is 28.8 Å². The van der Waals surface area contributed by atoms with Crippen molar-refractivity contribution in [1.29, 1.82) is 0 Å². The van der Waals surface area contributed by atoms with Crippen LogP contribution in [-0.4, -0.2) is 56.6 Å². The van der Waals surface area contributed by atoms with E-state index in [1.54, 1.807) is 7.11 Å². The van der Waals surface area contributed by atoms with E-state index in [0.29, 0.717) is 6.61 Å². The number of rotatable bonds is 3. The number of aliphatic hydroxyl groups is 1. The Kier molecular flexibility index (Phi) is 4.54. The van der Waals surface area contributed by atoms with Crippen LogP contribution in [0.1, 0.15) is 11.9 Å². The van der Waals surface area contributed by atoms with Crippen LogP contribution in [0.2, 0.25) is 0 Å². The molecule has 1 aromatic carbocycles. The van der Waals surface area contributed by atoms with Crippen molar-refractivity contribution in [3.8, 4) is 0 Å². The van der Waals surface area contributed by atoms with E-state index in [0.717, 1.165) is 5.56 Å². The van der Waals surface area contributed by atoms with Gasteiger partial charge in [-0.3, -0.25) is 0 Å². The molecule has 0 aliphatic carbocycles. The monoisotopic (exact) mass is 296 g/mol. The highest BCUT2D eigenvalue weighted by Gasteiger charge is 2.49. The van der Waals surface area contributed by atoms with E-state index in [1.165, 1.54) is 7.11 Å². The van der Waals surface area contributed by atoms with E-state index in [-0.39, 0.29) is 6.10 Å². The van der Waals surface area contributed by atoms with Crippen molar-refractivity contribution < 1.29 is 28.8 Å². The molecule has 0 spiro atoms. The van der Waals surface area contributed by atoms with Gasteiger partial charge in [-0.1, -0.05) is 30.3 Å². The Balaban J connectivity index is 1.77. The van der Waals surface area contributed by atoms with Crippen molar-refractivity contribution in [1.82, 2.24) is 0 Å². The van der Waals surface area contributed by atoms with E-state index >= 15 is 0 Å². The van der Waals surface area contributed by atoms with Crippen LogP contribution in [0.3, 0.4) is 0 Å². The fourth-order valence-corrected chi connectivity index (χ4v) is 2.81. The number of hydrogen-bond donors (Lipinski definition) is 1. The highest BCUT2D eigenvalue weighted by Crippen LogP contribution is 2.35. The summed E-state index contributed by atoms with van der Waals surface area (Å²) >= 11 is 0. The topological polar surface area (TPSA) is 66.4 Å². The highest BCUT2D eigenvalue weighted by atomic mass is 16.8. The zero-order valence-electron chi connectivity index (χ0n) is 12.0. The van der Waals surface area contributed by atoms with Crippen molar-refractivity contribution in [2.75, 3.05) is 20.8 Å². The molecule has 6 heteroatoms. The summed E-state index contributed by atoms with van der Waals surface area (Å²) in [6.45, 7) is 0.358. The van der Waals surface area contributed by atoms with E-state index < -0.39 is 30.9 Å². The van der Waals surface area contributed by atoms with Gasteiger partial charge in [0.25, 0.3) is 0 Å². The van der Waals surface area contributed by atoms with Crippen LogP contribution < -0.4 is 0 Å². The fraction of sp³-hybridized carbons (Fsp3) is 0.600. The molecule has 0 bridgehead atoms. The lowest BCUT2D eigenvalue weighted by molar-refractivity contribution is -0.360. The lowest BCUT2D eigenvalue weighted by atomic mass is 9.97. The van der Waals surface area contributed by atoms with Gasteiger partial charge in [-0.25, -0.2) is 0 Å². The first-order valence-corrected chi connectivity index (χ1v) is 6.95. The lowest BCUT2D eigenvalue weighted by Gasteiger charge is -2.47. The van der Waals surface area contributed by atoms with Crippen LogP contribution in [-0.2, 0) is 23.7 Å². The van der Waals surface area contributed by atoms with Crippen LogP contribution in [0.25, 0.3) is 0 Å². The first kappa shape index (κ1) is 14.9. The maximum absolute atomic E-state index is 10.2. The third kappa shape index (κ3) is 2.83. The predicted molar refractivity (Wildman–Crippen MR) is 72.5 cm³/mol. The second-order valence-electron chi connectivity index (χ2n) is 5.15. The number of hydrogen-bond acceptors (Lipinski definition) is 6. The lowest BCUT2D eigenvalue weighted by Crippen LogP contribution is -2.62. The summed E-state index contributed by atoms with van der Waals surface area (Å²) in [5.41, 5.74) is 0.925. The second kappa shape index (κ2) is 6.39. The van der Waals surface area contributed by atoms with Gasteiger partial charge in [-0.05, 0) is 0 Å². The Morgan fingerprint density at radius 1 is 1.10 bits per heavy atom. The van der Waals surface area contributed by atoms with Gasteiger partial charge in [-0.15, -0.1) is 0 Å². The van der Waals surface area contributed by atoms with Gasteiger partial charge in [0, 0.05) is 19.8 Å². The normalized spacial score (nSPS) is 39.8. The molecule has 2 aliphatic rings. The largest absolute Gasteiger partial charge is 0.385 e. The molecule has 0 saturated carbocycles. The fourth-order valence-electron chi connectivity index (χ4n) is 2.81. The molecule has 6 nitrogen and oxygen atoms in total. The average molecular weight is 296 g/mol. The summed E-state index contributed by atoms with van der Waals surface area (Å²) in [5.74, 6) is 0. The number of methoxy groups -OCH3 is 2. The minimum atomic E-state index is -0.907.